The van der Waals surface area contributed by atoms with Crippen molar-refractivity contribution in [3.63, 3.8) is 0 Å². The summed E-state index contributed by atoms with van der Waals surface area (Å²) in [6.07, 6.45) is 1.68. The highest BCUT2D eigenvalue weighted by Gasteiger charge is 2.37. The van der Waals surface area contributed by atoms with Crippen LogP contribution in [0.2, 0.25) is 0 Å². The largest absolute Gasteiger partial charge is 0.486 e. The number of amides is 2. The van der Waals surface area contributed by atoms with Crippen LogP contribution in [0.1, 0.15) is 45.4 Å². The van der Waals surface area contributed by atoms with Gasteiger partial charge in [0, 0.05) is 0 Å². The van der Waals surface area contributed by atoms with Crippen LogP contribution >= 0.6 is 0 Å². The minimum absolute atomic E-state index is 0.734. The molecule has 7 N–H and O–H groups in total. The molecule has 0 unspecified atom stereocenters. The first-order chi connectivity index (χ1) is 10.8. The second kappa shape index (κ2) is 11.9. The number of unbranched alkanes of at least 4 members (excludes halogenated alkanes) is 5. The molecule has 0 bridgehead atoms. The van der Waals surface area contributed by atoms with Crippen LogP contribution in [-0.2, 0) is 14.3 Å². The number of hydrogen-bond donors (Lipinski definition) is 5. The number of hydrogen-bond acceptors (Lipinski definition) is 6. The minimum atomic E-state index is -2.03. The van der Waals surface area contributed by atoms with Gasteiger partial charge in [-0.25, -0.2) is 0 Å². The molecule has 0 aromatic heterocycles. The average molecular weight is 332 g/mol. The summed E-state index contributed by atoms with van der Waals surface area (Å²) in [5.41, 5.74) is 9.89. The van der Waals surface area contributed by atoms with Crippen LogP contribution in [0, 0.1) is 0 Å². The summed E-state index contributed by atoms with van der Waals surface area (Å²) in [6, 6.07) is 0. The summed E-state index contributed by atoms with van der Waals surface area (Å²) >= 11 is 0. The van der Waals surface area contributed by atoms with Gasteiger partial charge in [-0.15, -0.1) is 0 Å². The fraction of sp³-hybridized carbons (Fsp3) is 0.733. The normalized spacial score (nSPS) is 16.7. The molecule has 0 aromatic rings. The molecule has 8 nitrogen and oxygen atoms in total. The molecule has 0 aliphatic rings. The molecule has 23 heavy (non-hydrogen) atoms. The third kappa shape index (κ3) is 8.53. The Morgan fingerprint density at radius 2 is 1.61 bits per heavy atom. The highest BCUT2D eigenvalue weighted by molar-refractivity contribution is 5.81. The zero-order valence-electron chi connectivity index (χ0n) is 13.4. The van der Waals surface area contributed by atoms with E-state index in [1.165, 1.54) is 12.7 Å². The van der Waals surface area contributed by atoms with Gasteiger partial charge >= 0.3 is 0 Å². The highest BCUT2D eigenvalue weighted by Crippen LogP contribution is 2.10. The first-order valence-corrected chi connectivity index (χ1v) is 7.76. The van der Waals surface area contributed by atoms with Gasteiger partial charge in [-0.3, -0.25) is 9.59 Å². The van der Waals surface area contributed by atoms with Gasteiger partial charge in [0.25, 0.3) is 5.91 Å². The number of rotatable bonds is 13. The smallest absolute Gasteiger partial charge is 0.261 e. The SMILES string of the molecule is CCCCCCC/C=C/O[C@@H](C(N)=O)[C@@H](O)[C@H](O)[C@H](O)C(N)=O. The van der Waals surface area contributed by atoms with E-state index in [1.54, 1.807) is 6.08 Å². The molecular weight excluding hydrogens is 304 g/mol. The second-order valence-electron chi connectivity index (χ2n) is 5.36. The number of carbonyl (C=O) groups excluding carboxylic acids is 2. The number of nitrogens with two attached hydrogens (primary N) is 2. The van der Waals surface area contributed by atoms with Crippen molar-refractivity contribution in [3.05, 3.63) is 12.3 Å². The summed E-state index contributed by atoms with van der Waals surface area (Å²) in [5.74, 6) is -2.27. The second-order valence-corrected chi connectivity index (χ2v) is 5.36. The third-order valence-corrected chi connectivity index (χ3v) is 3.35. The lowest BCUT2D eigenvalue weighted by atomic mass is 10.0. The minimum Gasteiger partial charge on any atom is -0.486 e. The van der Waals surface area contributed by atoms with E-state index in [9.17, 15) is 24.9 Å². The molecule has 8 heteroatoms. The maximum absolute atomic E-state index is 11.3. The molecule has 0 rings (SSSR count). The highest BCUT2D eigenvalue weighted by atomic mass is 16.5. The van der Waals surface area contributed by atoms with Crippen molar-refractivity contribution in [3.8, 4) is 0 Å². The number of ether oxygens (including phenoxy) is 1. The molecule has 0 fully saturated rings. The van der Waals surface area contributed by atoms with E-state index in [2.05, 4.69) is 6.92 Å². The molecule has 0 saturated carbocycles. The predicted octanol–water partition coefficient (Wildman–Crippen LogP) is -0.701. The van der Waals surface area contributed by atoms with Crippen LogP contribution in [0.25, 0.3) is 0 Å². The van der Waals surface area contributed by atoms with E-state index in [0.29, 0.717) is 0 Å². The van der Waals surface area contributed by atoms with Crippen molar-refractivity contribution in [1.29, 1.82) is 0 Å². The van der Waals surface area contributed by atoms with Gasteiger partial charge in [0.2, 0.25) is 12.0 Å². The molecule has 0 aliphatic heterocycles. The van der Waals surface area contributed by atoms with Crippen LogP contribution in [0.4, 0.5) is 0 Å². The number of aliphatic hydroxyl groups excluding tert-OH is 3. The van der Waals surface area contributed by atoms with Crippen LogP contribution in [0.15, 0.2) is 12.3 Å². The van der Waals surface area contributed by atoms with Crippen molar-refractivity contribution in [1.82, 2.24) is 0 Å². The molecule has 0 heterocycles. The van der Waals surface area contributed by atoms with Gasteiger partial charge in [0.05, 0.1) is 6.26 Å². The molecule has 0 aliphatic carbocycles. The zero-order valence-corrected chi connectivity index (χ0v) is 13.4. The number of allylic oxidation sites excluding steroid dienone is 1. The number of aliphatic hydroxyl groups is 3. The maximum atomic E-state index is 11.3. The van der Waals surface area contributed by atoms with E-state index in [-0.39, 0.29) is 0 Å². The Morgan fingerprint density at radius 3 is 2.13 bits per heavy atom. The Labute approximate surface area is 136 Å². The maximum Gasteiger partial charge on any atom is 0.261 e. The van der Waals surface area contributed by atoms with Gasteiger partial charge in [-0.05, 0) is 18.9 Å². The van der Waals surface area contributed by atoms with Gasteiger partial charge in [-0.2, -0.15) is 0 Å². The molecule has 0 saturated heterocycles. The molecule has 0 aromatic carbocycles. The van der Waals surface area contributed by atoms with Gasteiger partial charge < -0.3 is 31.5 Å². The topological polar surface area (TPSA) is 156 Å². The van der Waals surface area contributed by atoms with Crippen LogP contribution in [0.5, 0.6) is 0 Å². The van der Waals surface area contributed by atoms with Crippen LogP contribution in [0.3, 0.4) is 0 Å². The van der Waals surface area contributed by atoms with Crippen molar-refractivity contribution < 1.29 is 29.6 Å². The summed E-state index contributed by atoms with van der Waals surface area (Å²) in [6.45, 7) is 2.13. The molecular formula is C15H28N2O6. The lowest BCUT2D eigenvalue weighted by Gasteiger charge is -2.25. The van der Waals surface area contributed by atoms with E-state index in [0.717, 1.165) is 32.1 Å². The standard InChI is InChI=1S/C15H28N2O6/c1-2-3-4-5-6-7-8-9-23-13(15(17)22)11(19)10(18)12(20)14(16)21/h8-13,18-20H,2-7H2,1H3,(H2,16,21)(H2,17,22)/b9-8+/t10-,11-,12-,13+/m0/s1. The number of carbonyl (C=O) groups is 2. The molecule has 2 amide bonds. The van der Waals surface area contributed by atoms with Crippen molar-refractivity contribution in [2.75, 3.05) is 0 Å². The zero-order chi connectivity index (χ0) is 17.8. The summed E-state index contributed by atoms with van der Waals surface area (Å²) in [5, 5.41) is 28.7. The average Bonchev–Trinajstić information content (AvgIpc) is 2.50. The van der Waals surface area contributed by atoms with Gasteiger partial charge in [0.15, 0.2) is 6.10 Å². The third-order valence-electron chi connectivity index (χ3n) is 3.35. The van der Waals surface area contributed by atoms with Crippen molar-refractivity contribution in [2.45, 2.75) is 69.9 Å². The molecule has 134 valence electrons. The fourth-order valence-electron chi connectivity index (χ4n) is 1.92. The Balaban J connectivity index is 4.35. The Bertz CT molecular complexity index is 388. The summed E-state index contributed by atoms with van der Waals surface area (Å²) < 4.78 is 5.02. The first kappa shape index (κ1) is 21.4. The van der Waals surface area contributed by atoms with Crippen molar-refractivity contribution >= 4 is 11.8 Å². The Morgan fingerprint density at radius 1 is 1.00 bits per heavy atom. The van der Waals surface area contributed by atoms with E-state index in [1.807, 2.05) is 0 Å². The lowest BCUT2D eigenvalue weighted by Crippen LogP contribution is -2.53. The monoisotopic (exact) mass is 332 g/mol. The predicted molar refractivity (Wildman–Crippen MR) is 83.8 cm³/mol. The molecule has 4 atom stereocenters. The lowest BCUT2D eigenvalue weighted by molar-refractivity contribution is -0.152. The summed E-state index contributed by atoms with van der Waals surface area (Å²) in [4.78, 5) is 22.0. The summed E-state index contributed by atoms with van der Waals surface area (Å²) in [7, 11) is 0. The Hall–Kier alpha value is -1.64. The fourth-order valence-corrected chi connectivity index (χ4v) is 1.92. The van der Waals surface area contributed by atoms with E-state index in [4.69, 9.17) is 16.2 Å². The van der Waals surface area contributed by atoms with E-state index < -0.39 is 36.2 Å². The quantitative estimate of drug-likeness (QED) is 0.222. The number of primary amides is 2. The van der Waals surface area contributed by atoms with Gasteiger partial charge in [-0.1, -0.05) is 32.6 Å². The molecule has 0 radical (unpaired) electrons. The Kier molecular flexibility index (Phi) is 11.0. The van der Waals surface area contributed by atoms with Crippen molar-refractivity contribution in [2.24, 2.45) is 11.5 Å². The van der Waals surface area contributed by atoms with Crippen LogP contribution < -0.4 is 11.5 Å². The van der Waals surface area contributed by atoms with E-state index >= 15 is 0 Å². The van der Waals surface area contributed by atoms with Gasteiger partial charge in [0.1, 0.15) is 12.2 Å². The molecule has 0 spiro atoms. The van der Waals surface area contributed by atoms with Crippen LogP contribution in [-0.4, -0.2) is 51.5 Å². The first-order valence-electron chi connectivity index (χ1n) is 7.76.